The van der Waals surface area contributed by atoms with E-state index < -0.39 is 17.8 Å². The topological polar surface area (TPSA) is 85.2 Å². The molecule has 6 nitrogen and oxygen atoms in total. The van der Waals surface area contributed by atoms with Crippen molar-refractivity contribution in [3.8, 4) is 11.5 Å². The van der Waals surface area contributed by atoms with Crippen LogP contribution in [-0.4, -0.2) is 36.8 Å². The van der Waals surface area contributed by atoms with E-state index in [-0.39, 0.29) is 23.2 Å². The average Bonchev–Trinajstić information content (AvgIpc) is 2.79. The molecule has 1 aliphatic carbocycles. The molecule has 32 heavy (non-hydrogen) atoms. The number of aromatic hydroxyl groups is 1. The Morgan fingerprint density at radius 3 is 2.50 bits per heavy atom. The van der Waals surface area contributed by atoms with Gasteiger partial charge in [-0.3, -0.25) is 14.6 Å². The maximum Gasteiger partial charge on any atom is 0.315 e. The predicted molar refractivity (Wildman–Crippen MR) is 124 cm³/mol. The lowest BCUT2D eigenvalue weighted by Gasteiger charge is -2.36. The lowest BCUT2D eigenvalue weighted by Crippen LogP contribution is -2.37. The van der Waals surface area contributed by atoms with Gasteiger partial charge in [0.1, 0.15) is 5.92 Å². The van der Waals surface area contributed by atoms with E-state index in [9.17, 15) is 14.7 Å². The number of ether oxygens (including phenoxy) is 2. The summed E-state index contributed by atoms with van der Waals surface area (Å²) in [5, 5.41) is 10.3. The van der Waals surface area contributed by atoms with Crippen molar-refractivity contribution in [2.24, 2.45) is 10.9 Å². The second kappa shape index (κ2) is 8.90. The van der Waals surface area contributed by atoms with Crippen LogP contribution in [0.3, 0.4) is 0 Å². The van der Waals surface area contributed by atoms with Gasteiger partial charge in [0.15, 0.2) is 17.3 Å². The number of phenolic OH excluding ortho intramolecular Hbond substituents is 1. The molecule has 0 bridgehead atoms. The number of hydrogen-bond acceptors (Lipinski definition) is 6. The standard InChI is InChI=1S/C25H24BrNO5/c1-13-21(25(30)32-3)22(16-9-17(26)24(29)20(12-16)31-2)23-18(27-13)10-15(11-19(23)28)14-7-5-4-6-8-14/h4-9,12,15,21-22,29H,10-11H2,1-3H3/t15-,21?,22-/m0/s1. The Hall–Kier alpha value is -2.93. The molecule has 3 atom stereocenters. The Bertz CT molecular complexity index is 1140. The highest BCUT2D eigenvalue weighted by Crippen LogP contribution is 2.49. The summed E-state index contributed by atoms with van der Waals surface area (Å²) >= 11 is 3.36. The largest absolute Gasteiger partial charge is 0.503 e. The fourth-order valence-electron chi connectivity index (χ4n) is 4.74. The van der Waals surface area contributed by atoms with Gasteiger partial charge in [-0.25, -0.2) is 0 Å². The maximum absolute atomic E-state index is 13.5. The number of benzene rings is 2. The molecular formula is C25H24BrNO5. The number of phenols is 1. The Morgan fingerprint density at radius 1 is 1.12 bits per heavy atom. The minimum Gasteiger partial charge on any atom is -0.503 e. The lowest BCUT2D eigenvalue weighted by atomic mass is 9.69. The highest BCUT2D eigenvalue weighted by atomic mass is 79.9. The van der Waals surface area contributed by atoms with Crippen LogP contribution < -0.4 is 4.74 Å². The number of rotatable bonds is 4. The summed E-state index contributed by atoms with van der Waals surface area (Å²) in [6.07, 6.45) is 0.960. The molecule has 0 spiro atoms. The van der Waals surface area contributed by atoms with Crippen LogP contribution in [0.25, 0.3) is 0 Å². The van der Waals surface area contributed by atoms with Crippen LogP contribution in [0.1, 0.15) is 42.7 Å². The van der Waals surface area contributed by atoms with Crippen molar-refractivity contribution in [2.45, 2.75) is 31.6 Å². The summed E-state index contributed by atoms with van der Waals surface area (Å²) in [5.74, 6) is -1.55. The predicted octanol–water partition coefficient (Wildman–Crippen LogP) is 4.91. The average molecular weight is 498 g/mol. The summed E-state index contributed by atoms with van der Waals surface area (Å²) in [5.41, 5.74) is 3.63. The molecule has 1 unspecified atom stereocenters. The quantitative estimate of drug-likeness (QED) is 0.606. The third kappa shape index (κ3) is 3.86. The van der Waals surface area contributed by atoms with E-state index in [1.807, 2.05) is 30.3 Å². The summed E-state index contributed by atoms with van der Waals surface area (Å²) in [6.45, 7) is 1.79. The fourth-order valence-corrected chi connectivity index (χ4v) is 5.20. The minimum absolute atomic E-state index is 0.0292. The first-order valence-corrected chi connectivity index (χ1v) is 11.2. The van der Waals surface area contributed by atoms with Crippen LogP contribution >= 0.6 is 15.9 Å². The van der Waals surface area contributed by atoms with Crippen molar-refractivity contribution in [1.29, 1.82) is 0 Å². The molecule has 2 aliphatic rings. The molecule has 0 saturated carbocycles. The number of allylic oxidation sites excluding steroid dienone is 2. The second-order valence-electron chi connectivity index (χ2n) is 8.08. The number of nitrogens with zero attached hydrogens (tertiary/aromatic N) is 1. The minimum atomic E-state index is -0.739. The van der Waals surface area contributed by atoms with Crippen molar-refractivity contribution in [3.63, 3.8) is 0 Å². The molecule has 0 amide bonds. The molecule has 166 valence electrons. The summed E-state index contributed by atoms with van der Waals surface area (Å²) in [6, 6.07) is 13.3. The second-order valence-corrected chi connectivity index (χ2v) is 8.94. The number of carbonyl (C=O) groups excluding carboxylic acids is 2. The van der Waals surface area contributed by atoms with Crippen molar-refractivity contribution in [2.75, 3.05) is 14.2 Å². The number of carbonyl (C=O) groups is 2. The number of halogens is 1. The van der Waals surface area contributed by atoms with E-state index >= 15 is 0 Å². The van der Waals surface area contributed by atoms with E-state index in [0.29, 0.717) is 39.9 Å². The van der Waals surface area contributed by atoms with Crippen LogP contribution in [0.4, 0.5) is 0 Å². The zero-order valence-corrected chi connectivity index (χ0v) is 19.7. The zero-order chi connectivity index (χ0) is 23.0. The van der Waals surface area contributed by atoms with Gasteiger partial charge in [-0.15, -0.1) is 0 Å². The highest BCUT2D eigenvalue weighted by Gasteiger charge is 2.45. The van der Waals surface area contributed by atoms with Crippen LogP contribution in [0.15, 0.2) is 63.2 Å². The third-order valence-corrected chi connectivity index (χ3v) is 6.85. The van der Waals surface area contributed by atoms with Crippen molar-refractivity contribution in [1.82, 2.24) is 0 Å². The van der Waals surface area contributed by atoms with E-state index in [1.54, 1.807) is 19.1 Å². The SMILES string of the molecule is COC(=O)C1C(C)=NC2=C(C(=O)C[C@@H](c3ccccc3)C2)[C@H]1c1cc(Br)c(O)c(OC)c1. The van der Waals surface area contributed by atoms with E-state index in [4.69, 9.17) is 14.5 Å². The van der Waals surface area contributed by atoms with Gasteiger partial charge >= 0.3 is 5.97 Å². The van der Waals surface area contributed by atoms with Gasteiger partial charge in [0.05, 0.1) is 18.7 Å². The highest BCUT2D eigenvalue weighted by molar-refractivity contribution is 9.10. The van der Waals surface area contributed by atoms with Crippen LogP contribution in [0.2, 0.25) is 0 Å². The molecule has 0 radical (unpaired) electrons. The molecule has 0 fully saturated rings. The van der Waals surface area contributed by atoms with Gasteiger partial charge in [-0.2, -0.15) is 0 Å². The van der Waals surface area contributed by atoms with Crippen LogP contribution in [0, 0.1) is 5.92 Å². The Balaban J connectivity index is 1.87. The summed E-state index contributed by atoms with van der Waals surface area (Å²) < 4.78 is 10.8. The first-order valence-electron chi connectivity index (χ1n) is 10.4. The van der Waals surface area contributed by atoms with E-state index in [0.717, 1.165) is 5.56 Å². The molecule has 4 rings (SSSR count). The molecule has 1 N–H and O–H groups in total. The number of ketones is 1. The smallest absolute Gasteiger partial charge is 0.315 e. The van der Waals surface area contributed by atoms with Gasteiger partial charge in [0, 0.05) is 29.3 Å². The first-order chi connectivity index (χ1) is 15.3. The Morgan fingerprint density at radius 2 is 1.84 bits per heavy atom. The van der Waals surface area contributed by atoms with Gasteiger partial charge < -0.3 is 14.6 Å². The summed E-state index contributed by atoms with van der Waals surface area (Å²) in [4.78, 5) is 31.0. The molecule has 0 aromatic heterocycles. The molecule has 2 aromatic carbocycles. The zero-order valence-electron chi connectivity index (χ0n) is 18.1. The van der Waals surface area contributed by atoms with Gasteiger partial charge in [0.2, 0.25) is 0 Å². The van der Waals surface area contributed by atoms with Crippen LogP contribution in [-0.2, 0) is 14.3 Å². The van der Waals surface area contributed by atoms with E-state index in [1.165, 1.54) is 14.2 Å². The third-order valence-electron chi connectivity index (χ3n) is 6.24. The van der Waals surface area contributed by atoms with Crippen molar-refractivity contribution >= 4 is 33.4 Å². The number of Topliss-reactive ketones (excluding diaryl/α,β-unsaturated/α-hetero) is 1. The monoisotopic (exact) mass is 497 g/mol. The normalized spacial score (nSPS) is 22.8. The number of methoxy groups -OCH3 is 2. The Labute approximate surface area is 195 Å². The number of esters is 1. The Kier molecular flexibility index (Phi) is 6.20. The molecule has 1 heterocycles. The number of aliphatic imine (C=N–C) groups is 1. The van der Waals surface area contributed by atoms with Crippen molar-refractivity contribution < 1.29 is 24.2 Å². The van der Waals surface area contributed by atoms with E-state index in [2.05, 4.69) is 15.9 Å². The van der Waals surface area contributed by atoms with Crippen molar-refractivity contribution in [3.05, 3.63) is 69.3 Å². The first kappa shape index (κ1) is 22.3. The molecule has 1 aliphatic heterocycles. The fraction of sp³-hybridized carbons (Fsp3) is 0.320. The summed E-state index contributed by atoms with van der Waals surface area (Å²) in [7, 11) is 2.79. The van der Waals surface area contributed by atoms with Gasteiger partial charge in [-0.05, 0) is 58.5 Å². The maximum atomic E-state index is 13.5. The molecule has 0 saturated heterocycles. The van der Waals surface area contributed by atoms with Crippen LogP contribution in [0.5, 0.6) is 11.5 Å². The number of hydrogen-bond donors (Lipinski definition) is 1. The van der Waals surface area contributed by atoms with Gasteiger partial charge in [-0.1, -0.05) is 30.3 Å². The lowest BCUT2D eigenvalue weighted by molar-refractivity contribution is -0.143. The molecule has 7 heteroatoms. The molecule has 2 aromatic rings. The van der Waals surface area contributed by atoms with Gasteiger partial charge in [0.25, 0.3) is 0 Å². The molecular weight excluding hydrogens is 474 g/mol.